The van der Waals surface area contributed by atoms with Crippen LogP contribution in [0.15, 0.2) is 35.7 Å². The first-order chi connectivity index (χ1) is 13.0. The van der Waals surface area contributed by atoms with E-state index in [0.717, 1.165) is 17.1 Å². The van der Waals surface area contributed by atoms with E-state index >= 15 is 0 Å². The maximum absolute atomic E-state index is 12.6. The molecule has 2 amide bonds. The summed E-state index contributed by atoms with van der Waals surface area (Å²) in [6.45, 7) is 4.24. The highest BCUT2D eigenvalue weighted by Gasteiger charge is 2.24. The Kier molecular flexibility index (Phi) is 7.67. The summed E-state index contributed by atoms with van der Waals surface area (Å²) in [5.41, 5.74) is 0.945. The van der Waals surface area contributed by atoms with Crippen LogP contribution in [-0.4, -0.2) is 38.6 Å². The first kappa shape index (κ1) is 20.8. The molecular formula is C20H26N2O4S. The lowest BCUT2D eigenvalue weighted by atomic mass is 10.0. The minimum Gasteiger partial charge on any atom is -0.497 e. The van der Waals surface area contributed by atoms with Gasteiger partial charge in [0.15, 0.2) is 0 Å². The third-order valence-corrected chi connectivity index (χ3v) is 5.03. The molecule has 0 aliphatic carbocycles. The third-order valence-electron chi connectivity index (χ3n) is 4.16. The standard InChI is InChI=1S/C20H26N2O4S/c1-13(2)18(22-19(23)17-6-5-11-27-17)20(24)21-10-9-14-12-15(25-3)7-8-16(14)26-4/h5-8,11-13,18H,9-10H2,1-4H3,(H,21,24)(H,22,23). The maximum atomic E-state index is 12.6. The van der Waals surface area contributed by atoms with Gasteiger partial charge in [0.1, 0.15) is 17.5 Å². The summed E-state index contributed by atoms with van der Waals surface area (Å²) in [7, 11) is 3.22. The van der Waals surface area contributed by atoms with E-state index in [4.69, 9.17) is 9.47 Å². The number of methoxy groups -OCH3 is 2. The monoisotopic (exact) mass is 390 g/mol. The zero-order chi connectivity index (χ0) is 19.8. The topological polar surface area (TPSA) is 76.7 Å². The lowest BCUT2D eigenvalue weighted by Crippen LogP contribution is -2.49. The maximum Gasteiger partial charge on any atom is 0.262 e. The second-order valence-electron chi connectivity index (χ2n) is 6.39. The molecule has 7 heteroatoms. The molecule has 1 atom stereocenters. The Morgan fingerprint density at radius 3 is 2.52 bits per heavy atom. The van der Waals surface area contributed by atoms with Crippen molar-refractivity contribution < 1.29 is 19.1 Å². The van der Waals surface area contributed by atoms with Gasteiger partial charge in [-0.2, -0.15) is 0 Å². The van der Waals surface area contributed by atoms with Crippen LogP contribution in [0.3, 0.4) is 0 Å². The average molecular weight is 391 g/mol. The van der Waals surface area contributed by atoms with Gasteiger partial charge in [-0.05, 0) is 47.5 Å². The van der Waals surface area contributed by atoms with Gasteiger partial charge >= 0.3 is 0 Å². The van der Waals surface area contributed by atoms with E-state index in [1.807, 2.05) is 43.5 Å². The Morgan fingerprint density at radius 1 is 1.15 bits per heavy atom. The molecule has 2 rings (SSSR count). The number of carbonyl (C=O) groups is 2. The lowest BCUT2D eigenvalue weighted by Gasteiger charge is -2.21. The summed E-state index contributed by atoms with van der Waals surface area (Å²) in [4.78, 5) is 25.4. The average Bonchev–Trinajstić information content (AvgIpc) is 3.20. The smallest absolute Gasteiger partial charge is 0.262 e. The van der Waals surface area contributed by atoms with Crippen molar-refractivity contribution in [3.63, 3.8) is 0 Å². The molecule has 0 bridgehead atoms. The van der Waals surface area contributed by atoms with Crippen molar-refractivity contribution in [2.75, 3.05) is 20.8 Å². The SMILES string of the molecule is COc1ccc(OC)c(CCNC(=O)C(NC(=O)c2cccs2)C(C)C)c1. The van der Waals surface area contributed by atoms with Crippen molar-refractivity contribution in [1.82, 2.24) is 10.6 Å². The van der Waals surface area contributed by atoms with Crippen molar-refractivity contribution in [3.8, 4) is 11.5 Å². The molecule has 0 fully saturated rings. The van der Waals surface area contributed by atoms with Gasteiger partial charge < -0.3 is 20.1 Å². The van der Waals surface area contributed by atoms with Crippen LogP contribution in [0, 0.1) is 5.92 Å². The van der Waals surface area contributed by atoms with Gasteiger partial charge in [0.2, 0.25) is 5.91 Å². The number of amides is 2. The van der Waals surface area contributed by atoms with Crippen molar-refractivity contribution in [2.45, 2.75) is 26.3 Å². The summed E-state index contributed by atoms with van der Waals surface area (Å²) in [6.07, 6.45) is 0.593. The summed E-state index contributed by atoms with van der Waals surface area (Å²) in [5, 5.41) is 7.56. The first-order valence-corrected chi connectivity index (χ1v) is 9.67. The highest BCUT2D eigenvalue weighted by atomic mass is 32.1. The minimum absolute atomic E-state index is 0.0275. The molecule has 1 unspecified atom stereocenters. The van der Waals surface area contributed by atoms with Crippen molar-refractivity contribution in [1.29, 1.82) is 0 Å². The van der Waals surface area contributed by atoms with Crippen LogP contribution >= 0.6 is 11.3 Å². The highest BCUT2D eigenvalue weighted by molar-refractivity contribution is 7.12. The van der Waals surface area contributed by atoms with E-state index in [1.54, 1.807) is 20.3 Å². The molecule has 1 aromatic heterocycles. The molecule has 1 aromatic carbocycles. The van der Waals surface area contributed by atoms with Crippen molar-refractivity contribution in [3.05, 3.63) is 46.2 Å². The van der Waals surface area contributed by atoms with Gasteiger partial charge in [0.05, 0.1) is 19.1 Å². The number of hydrogen-bond donors (Lipinski definition) is 2. The van der Waals surface area contributed by atoms with Crippen molar-refractivity contribution >= 4 is 23.2 Å². The molecule has 2 aromatic rings. The predicted octanol–water partition coefficient (Wildman–Crippen LogP) is 2.88. The number of carbonyl (C=O) groups excluding carboxylic acids is 2. The van der Waals surface area contributed by atoms with Crippen LogP contribution in [0.25, 0.3) is 0 Å². The van der Waals surface area contributed by atoms with Crippen LogP contribution < -0.4 is 20.1 Å². The lowest BCUT2D eigenvalue weighted by molar-refractivity contribution is -0.123. The van der Waals surface area contributed by atoms with Crippen molar-refractivity contribution in [2.24, 2.45) is 5.92 Å². The van der Waals surface area contributed by atoms with Gasteiger partial charge in [-0.1, -0.05) is 19.9 Å². The molecule has 0 saturated carbocycles. The molecule has 0 spiro atoms. The Morgan fingerprint density at radius 2 is 1.93 bits per heavy atom. The Labute approximate surface area is 163 Å². The van der Waals surface area contributed by atoms with Crippen LogP contribution in [0.4, 0.5) is 0 Å². The van der Waals surface area contributed by atoms with E-state index in [-0.39, 0.29) is 17.7 Å². The molecule has 0 aliphatic rings. The molecule has 0 radical (unpaired) electrons. The number of thiophene rings is 1. The summed E-state index contributed by atoms with van der Waals surface area (Å²) in [6, 6.07) is 8.52. The van der Waals surface area contributed by atoms with Gasteiger partial charge in [-0.3, -0.25) is 9.59 Å². The second-order valence-corrected chi connectivity index (χ2v) is 7.34. The van der Waals surface area contributed by atoms with Gasteiger partial charge in [0.25, 0.3) is 5.91 Å². The Hall–Kier alpha value is -2.54. The Bertz CT molecular complexity index is 759. The van der Waals surface area contributed by atoms with Gasteiger partial charge in [-0.15, -0.1) is 11.3 Å². The normalized spacial score (nSPS) is 11.7. The summed E-state index contributed by atoms with van der Waals surface area (Å²) < 4.78 is 10.6. The number of hydrogen-bond acceptors (Lipinski definition) is 5. The third kappa shape index (κ3) is 5.72. The molecular weight excluding hydrogens is 364 g/mol. The minimum atomic E-state index is -0.591. The largest absolute Gasteiger partial charge is 0.497 e. The fourth-order valence-electron chi connectivity index (χ4n) is 2.66. The van der Waals surface area contributed by atoms with Crippen LogP contribution in [-0.2, 0) is 11.2 Å². The molecule has 6 nitrogen and oxygen atoms in total. The zero-order valence-corrected chi connectivity index (χ0v) is 16.9. The van der Waals surface area contributed by atoms with Crippen LogP contribution in [0.1, 0.15) is 29.1 Å². The van der Waals surface area contributed by atoms with Crippen LogP contribution in [0.2, 0.25) is 0 Å². The number of benzene rings is 1. The van der Waals surface area contributed by atoms with Gasteiger partial charge in [-0.25, -0.2) is 0 Å². The molecule has 0 saturated heterocycles. The fraction of sp³-hybridized carbons (Fsp3) is 0.400. The first-order valence-electron chi connectivity index (χ1n) is 8.79. The highest BCUT2D eigenvalue weighted by Crippen LogP contribution is 2.24. The fourth-order valence-corrected chi connectivity index (χ4v) is 3.29. The quantitative estimate of drug-likeness (QED) is 0.690. The number of nitrogens with one attached hydrogen (secondary N) is 2. The van der Waals surface area contributed by atoms with Crippen LogP contribution in [0.5, 0.6) is 11.5 Å². The van der Waals surface area contributed by atoms with E-state index in [2.05, 4.69) is 10.6 Å². The molecule has 0 aliphatic heterocycles. The second kappa shape index (κ2) is 9.97. The van der Waals surface area contributed by atoms with Gasteiger partial charge in [0, 0.05) is 6.54 Å². The molecule has 27 heavy (non-hydrogen) atoms. The zero-order valence-electron chi connectivity index (χ0n) is 16.1. The molecule has 146 valence electrons. The van der Waals surface area contributed by atoms with E-state index in [1.165, 1.54) is 11.3 Å². The van der Waals surface area contributed by atoms with E-state index < -0.39 is 6.04 Å². The number of ether oxygens (including phenoxy) is 2. The summed E-state index contributed by atoms with van der Waals surface area (Å²) >= 11 is 1.35. The predicted molar refractivity (Wildman–Crippen MR) is 107 cm³/mol. The number of rotatable bonds is 9. The van der Waals surface area contributed by atoms with E-state index in [0.29, 0.717) is 17.8 Å². The summed E-state index contributed by atoms with van der Waals surface area (Å²) in [5.74, 6) is 1.03. The Balaban J connectivity index is 1.95. The molecule has 2 N–H and O–H groups in total. The van der Waals surface area contributed by atoms with E-state index in [9.17, 15) is 9.59 Å². The molecule has 1 heterocycles.